The van der Waals surface area contributed by atoms with E-state index in [1.807, 2.05) is 6.92 Å². The maximum Gasteiger partial charge on any atom is 0.0469 e. The lowest BCUT2D eigenvalue weighted by Crippen LogP contribution is -2.29. The zero-order valence-electron chi connectivity index (χ0n) is 10.8. The third-order valence-corrected chi connectivity index (χ3v) is 3.58. The van der Waals surface area contributed by atoms with E-state index in [4.69, 9.17) is 10.5 Å². The molecule has 0 radical (unpaired) electrons. The lowest BCUT2D eigenvalue weighted by atomic mass is 9.99. The highest BCUT2D eigenvalue weighted by molar-refractivity contribution is 5.59. The minimum atomic E-state index is 0.747. The van der Waals surface area contributed by atoms with Crippen LogP contribution < -0.4 is 10.6 Å². The maximum absolute atomic E-state index is 5.94. The van der Waals surface area contributed by atoms with E-state index in [9.17, 15) is 0 Å². The van der Waals surface area contributed by atoms with Crippen LogP contribution in [0.2, 0.25) is 0 Å². The summed E-state index contributed by atoms with van der Waals surface area (Å²) in [4.78, 5) is 2.30. The molecule has 1 aromatic rings. The van der Waals surface area contributed by atoms with Crippen LogP contribution in [0.1, 0.15) is 18.4 Å². The van der Waals surface area contributed by atoms with Crippen LogP contribution in [0.15, 0.2) is 18.2 Å². The predicted octanol–water partition coefficient (Wildman–Crippen LogP) is 2.44. The van der Waals surface area contributed by atoms with Crippen molar-refractivity contribution in [2.24, 2.45) is 5.92 Å². The van der Waals surface area contributed by atoms with Gasteiger partial charge in [0.2, 0.25) is 0 Å². The van der Waals surface area contributed by atoms with Crippen LogP contribution in [0.4, 0.5) is 11.4 Å². The SMILES string of the molecule is Cc1ccc(N(C)CC2CCOCC2)cc1N. The lowest BCUT2D eigenvalue weighted by molar-refractivity contribution is 0.0685. The van der Waals surface area contributed by atoms with Crippen molar-refractivity contribution in [1.29, 1.82) is 0 Å². The van der Waals surface area contributed by atoms with Gasteiger partial charge in [-0.1, -0.05) is 6.07 Å². The van der Waals surface area contributed by atoms with Gasteiger partial charge in [0.05, 0.1) is 0 Å². The van der Waals surface area contributed by atoms with Gasteiger partial charge in [-0.2, -0.15) is 0 Å². The highest BCUT2D eigenvalue weighted by Crippen LogP contribution is 2.23. The van der Waals surface area contributed by atoms with Crippen molar-refractivity contribution < 1.29 is 4.74 Å². The Morgan fingerprint density at radius 1 is 1.35 bits per heavy atom. The molecule has 2 rings (SSSR count). The summed E-state index contributed by atoms with van der Waals surface area (Å²) >= 11 is 0. The van der Waals surface area contributed by atoms with Gasteiger partial charge in [0.25, 0.3) is 0 Å². The van der Waals surface area contributed by atoms with E-state index < -0.39 is 0 Å². The van der Waals surface area contributed by atoms with E-state index in [1.165, 1.54) is 18.5 Å². The van der Waals surface area contributed by atoms with Crippen LogP contribution in [0.25, 0.3) is 0 Å². The predicted molar refractivity (Wildman–Crippen MR) is 72.4 cm³/mol. The van der Waals surface area contributed by atoms with Crippen molar-refractivity contribution in [2.45, 2.75) is 19.8 Å². The van der Waals surface area contributed by atoms with Crippen LogP contribution >= 0.6 is 0 Å². The molecule has 17 heavy (non-hydrogen) atoms. The highest BCUT2D eigenvalue weighted by atomic mass is 16.5. The molecule has 3 nitrogen and oxygen atoms in total. The summed E-state index contributed by atoms with van der Waals surface area (Å²) in [5, 5.41) is 0. The lowest BCUT2D eigenvalue weighted by Gasteiger charge is -2.28. The zero-order valence-corrected chi connectivity index (χ0v) is 10.8. The Hall–Kier alpha value is -1.22. The van der Waals surface area contributed by atoms with Crippen molar-refractivity contribution in [1.82, 2.24) is 0 Å². The van der Waals surface area contributed by atoms with Crippen molar-refractivity contribution in [3.8, 4) is 0 Å². The molecular formula is C14H22N2O. The van der Waals surface area contributed by atoms with Gasteiger partial charge in [0, 0.05) is 38.2 Å². The average Bonchev–Trinajstić information content (AvgIpc) is 2.34. The van der Waals surface area contributed by atoms with Gasteiger partial charge < -0.3 is 15.4 Å². The highest BCUT2D eigenvalue weighted by Gasteiger charge is 2.16. The molecule has 1 aliphatic rings. The largest absolute Gasteiger partial charge is 0.398 e. The van der Waals surface area contributed by atoms with Crippen molar-refractivity contribution in [3.05, 3.63) is 23.8 Å². The second-order valence-corrected chi connectivity index (χ2v) is 4.98. The molecule has 1 heterocycles. The Morgan fingerprint density at radius 2 is 2.06 bits per heavy atom. The van der Waals surface area contributed by atoms with Crippen LogP contribution in [-0.2, 0) is 4.74 Å². The van der Waals surface area contributed by atoms with Crippen LogP contribution in [0.5, 0.6) is 0 Å². The molecule has 1 aliphatic heterocycles. The zero-order chi connectivity index (χ0) is 12.3. The average molecular weight is 234 g/mol. The number of rotatable bonds is 3. The molecule has 0 unspecified atom stereocenters. The molecule has 0 bridgehead atoms. The molecule has 3 heteroatoms. The Bertz CT molecular complexity index is 372. The Morgan fingerprint density at radius 3 is 2.71 bits per heavy atom. The van der Waals surface area contributed by atoms with Gasteiger partial charge in [-0.3, -0.25) is 0 Å². The number of nitrogens with two attached hydrogens (primary N) is 1. The maximum atomic E-state index is 5.94. The summed E-state index contributed by atoms with van der Waals surface area (Å²) in [6.45, 7) is 4.95. The second kappa shape index (κ2) is 5.41. The normalized spacial score (nSPS) is 17.1. The number of aryl methyl sites for hydroxylation is 1. The standard InChI is InChI=1S/C14H22N2O/c1-11-3-4-13(9-14(11)15)16(2)10-12-5-7-17-8-6-12/h3-4,9,12H,5-8,10,15H2,1-2H3. The van der Waals surface area contributed by atoms with Gasteiger partial charge in [-0.05, 0) is 43.4 Å². The molecule has 0 atom stereocenters. The van der Waals surface area contributed by atoms with Crippen LogP contribution in [0, 0.1) is 12.8 Å². The van der Waals surface area contributed by atoms with Gasteiger partial charge in [0.15, 0.2) is 0 Å². The van der Waals surface area contributed by atoms with Gasteiger partial charge >= 0.3 is 0 Å². The third kappa shape index (κ3) is 3.13. The van der Waals surface area contributed by atoms with Gasteiger partial charge in [-0.15, -0.1) is 0 Å². The first-order chi connectivity index (χ1) is 8.16. The number of nitrogen functional groups attached to an aromatic ring is 1. The van der Waals surface area contributed by atoms with Crippen LogP contribution in [-0.4, -0.2) is 26.8 Å². The molecule has 2 N–H and O–H groups in total. The molecule has 1 saturated heterocycles. The smallest absolute Gasteiger partial charge is 0.0469 e. The summed E-state index contributed by atoms with van der Waals surface area (Å²) in [5.41, 5.74) is 9.18. The van der Waals surface area contributed by atoms with Gasteiger partial charge in [-0.25, -0.2) is 0 Å². The summed E-state index contributed by atoms with van der Waals surface area (Å²) in [6, 6.07) is 6.30. The number of anilines is 2. The summed E-state index contributed by atoms with van der Waals surface area (Å²) in [7, 11) is 2.14. The first-order valence-corrected chi connectivity index (χ1v) is 6.32. The number of hydrogen-bond acceptors (Lipinski definition) is 3. The van der Waals surface area contributed by atoms with E-state index in [-0.39, 0.29) is 0 Å². The van der Waals surface area contributed by atoms with E-state index in [1.54, 1.807) is 0 Å². The number of nitrogens with zero attached hydrogens (tertiary/aromatic N) is 1. The fourth-order valence-electron chi connectivity index (χ4n) is 2.29. The Labute approximate surface area is 104 Å². The Balaban J connectivity index is 1.98. The number of benzene rings is 1. The van der Waals surface area contributed by atoms with Crippen molar-refractivity contribution in [3.63, 3.8) is 0 Å². The topological polar surface area (TPSA) is 38.5 Å². The minimum absolute atomic E-state index is 0.747. The number of hydrogen-bond donors (Lipinski definition) is 1. The first kappa shape index (κ1) is 12.2. The second-order valence-electron chi connectivity index (χ2n) is 4.98. The minimum Gasteiger partial charge on any atom is -0.398 e. The Kier molecular flexibility index (Phi) is 3.89. The molecule has 1 aromatic carbocycles. The van der Waals surface area contributed by atoms with Crippen molar-refractivity contribution in [2.75, 3.05) is 37.4 Å². The molecule has 0 saturated carbocycles. The molecular weight excluding hydrogens is 212 g/mol. The molecule has 0 amide bonds. The summed E-state index contributed by atoms with van der Waals surface area (Å²) < 4.78 is 5.38. The van der Waals surface area contributed by atoms with E-state index >= 15 is 0 Å². The fourth-order valence-corrected chi connectivity index (χ4v) is 2.29. The molecule has 0 aliphatic carbocycles. The first-order valence-electron chi connectivity index (χ1n) is 6.32. The summed E-state index contributed by atoms with van der Waals surface area (Å²) in [6.07, 6.45) is 2.34. The quantitative estimate of drug-likeness (QED) is 0.816. The van der Waals surface area contributed by atoms with Crippen molar-refractivity contribution >= 4 is 11.4 Å². The van der Waals surface area contributed by atoms with E-state index in [0.29, 0.717) is 0 Å². The summed E-state index contributed by atoms with van der Waals surface area (Å²) in [5.74, 6) is 0.747. The van der Waals surface area contributed by atoms with Gasteiger partial charge in [0.1, 0.15) is 0 Å². The molecule has 0 spiro atoms. The third-order valence-electron chi connectivity index (χ3n) is 3.58. The fraction of sp³-hybridized carbons (Fsp3) is 0.571. The van der Waals surface area contributed by atoms with Crippen LogP contribution in [0.3, 0.4) is 0 Å². The molecule has 0 aromatic heterocycles. The van der Waals surface area contributed by atoms with E-state index in [2.05, 4.69) is 30.1 Å². The monoisotopic (exact) mass is 234 g/mol. The van der Waals surface area contributed by atoms with E-state index in [0.717, 1.165) is 36.9 Å². The molecule has 94 valence electrons. The molecule has 1 fully saturated rings. The number of ether oxygens (including phenoxy) is 1.